The molecule has 2 heteroatoms. The van der Waals surface area contributed by atoms with Crippen LogP contribution in [0.3, 0.4) is 0 Å². The third-order valence-corrected chi connectivity index (χ3v) is 8.26. The van der Waals surface area contributed by atoms with Crippen molar-refractivity contribution in [2.75, 3.05) is 0 Å². The second kappa shape index (κ2) is 15.7. The monoisotopic (exact) mass is 487 g/mol. The molecule has 0 saturated carbocycles. The molecule has 1 heterocycles. The average molecular weight is 488 g/mol. The standard InChI is InChI=1S/C34H50N2/c1-4-5-6-7-8-9-10-11-12-13-14-21-27-36-28-26-35-33(36)30(2)34(3,32-24-19-16-20-25-32)29-31-22-17-15-18-23-31/h15-20,22-26,28,30H,4-14,21,27,29H2,1-3H3/p+1. The van der Waals surface area contributed by atoms with Gasteiger partial charge in [-0.05, 0) is 30.4 Å². The molecule has 0 saturated heterocycles. The van der Waals surface area contributed by atoms with E-state index in [1.165, 1.54) is 94.0 Å². The molecule has 1 aromatic heterocycles. The molecule has 0 aliphatic rings. The normalized spacial score (nSPS) is 14.0. The van der Waals surface area contributed by atoms with Crippen molar-refractivity contribution >= 4 is 0 Å². The van der Waals surface area contributed by atoms with E-state index >= 15 is 0 Å². The van der Waals surface area contributed by atoms with Crippen LogP contribution in [0.2, 0.25) is 0 Å². The van der Waals surface area contributed by atoms with Gasteiger partial charge < -0.3 is 0 Å². The molecule has 0 bridgehead atoms. The van der Waals surface area contributed by atoms with E-state index in [1.807, 2.05) is 0 Å². The third-order valence-electron chi connectivity index (χ3n) is 8.26. The number of unbranched alkanes of at least 4 members (excludes halogenated alkanes) is 11. The van der Waals surface area contributed by atoms with Crippen molar-refractivity contribution in [1.82, 2.24) is 4.98 Å². The highest BCUT2D eigenvalue weighted by molar-refractivity contribution is 5.32. The molecule has 0 aliphatic heterocycles. The lowest BCUT2D eigenvalue weighted by atomic mass is 9.68. The Morgan fingerprint density at radius 2 is 1.25 bits per heavy atom. The first-order chi connectivity index (χ1) is 17.6. The summed E-state index contributed by atoms with van der Waals surface area (Å²) >= 11 is 0. The van der Waals surface area contributed by atoms with E-state index in [1.54, 1.807) is 0 Å². The van der Waals surface area contributed by atoms with E-state index in [4.69, 9.17) is 0 Å². The molecule has 0 spiro atoms. The molecule has 36 heavy (non-hydrogen) atoms. The van der Waals surface area contributed by atoms with Gasteiger partial charge >= 0.3 is 0 Å². The van der Waals surface area contributed by atoms with E-state index < -0.39 is 0 Å². The minimum absolute atomic E-state index is 0.00571. The van der Waals surface area contributed by atoms with Gasteiger partial charge in [0.1, 0.15) is 12.4 Å². The van der Waals surface area contributed by atoms with Gasteiger partial charge in [-0.1, -0.05) is 146 Å². The van der Waals surface area contributed by atoms with E-state index in [9.17, 15) is 0 Å². The Kier molecular flexibility index (Phi) is 12.3. The lowest BCUT2D eigenvalue weighted by Crippen LogP contribution is -2.42. The van der Waals surface area contributed by atoms with E-state index in [0.717, 1.165) is 13.0 Å². The molecule has 0 fully saturated rings. The fourth-order valence-electron chi connectivity index (χ4n) is 5.71. The molecule has 0 aliphatic carbocycles. The van der Waals surface area contributed by atoms with Crippen LogP contribution in [0, 0.1) is 0 Å². The molecule has 2 unspecified atom stereocenters. The van der Waals surface area contributed by atoms with Crippen LogP contribution in [0.1, 0.15) is 121 Å². The maximum atomic E-state index is 3.62. The van der Waals surface area contributed by atoms with Gasteiger partial charge in [0.25, 0.3) is 5.82 Å². The van der Waals surface area contributed by atoms with Crippen molar-refractivity contribution < 1.29 is 4.57 Å². The van der Waals surface area contributed by atoms with Gasteiger partial charge in [0.15, 0.2) is 0 Å². The Hall–Kier alpha value is -2.35. The summed E-state index contributed by atoms with van der Waals surface area (Å²) in [7, 11) is 0. The molecular formula is C34H51N2+. The molecule has 2 aromatic carbocycles. The van der Waals surface area contributed by atoms with Crippen molar-refractivity contribution in [3.05, 3.63) is 90.0 Å². The highest BCUT2D eigenvalue weighted by Crippen LogP contribution is 2.40. The fourth-order valence-corrected chi connectivity index (χ4v) is 5.71. The Morgan fingerprint density at radius 1 is 0.722 bits per heavy atom. The maximum absolute atomic E-state index is 3.62. The topological polar surface area (TPSA) is 19.7 Å². The maximum Gasteiger partial charge on any atom is 0.257 e. The molecule has 2 nitrogen and oxygen atoms in total. The lowest BCUT2D eigenvalue weighted by molar-refractivity contribution is -0.705. The molecule has 3 aromatic rings. The van der Waals surface area contributed by atoms with Gasteiger partial charge in [0, 0.05) is 5.41 Å². The van der Waals surface area contributed by atoms with Gasteiger partial charge in [0.2, 0.25) is 0 Å². The van der Waals surface area contributed by atoms with Gasteiger partial charge in [0.05, 0.1) is 12.5 Å². The summed E-state index contributed by atoms with van der Waals surface area (Å²) in [6.07, 6.45) is 22.1. The minimum atomic E-state index is 0.00571. The average Bonchev–Trinajstić information content (AvgIpc) is 3.38. The first kappa shape index (κ1) is 28.2. The van der Waals surface area contributed by atoms with Crippen molar-refractivity contribution in [1.29, 1.82) is 0 Å². The first-order valence-corrected chi connectivity index (χ1v) is 14.8. The lowest BCUT2D eigenvalue weighted by Gasteiger charge is -2.34. The van der Waals surface area contributed by atoms with Crippen LogP contribution in [0.4, 0.5) is 0 Å². The number of aryl methyl sites for hydroxylation is 1. The molecule has 0 amide bonds. The summed E-state index contributed by atoms with van der Waals surface area (Å²) in [6.45, 7) is 8.25. The van der Waals surface area contributed by atoms with Gasteiger partial charge in [-0.2, -0.15) is 0 Å². The van der Waals surface area contributed by atoms with Crippen molar-refractivity contribution in [2.45, 2.75) is 122 Å². The van der Waals surface area contributed by atoms with E-state index in [2.05, 4.69) is 103 Å². The summed E-state index contributed by atoms with van der Waals surface area (Å²) in [5, 5.41) is 0. The van der Waals surface area contributed by atoms with Crippen LogP contribution >= 0.6 is 0 Å². The van der Waals surface area contributed by atoms with Crippen LogP contribution < -0.4 is 4.57 Å². The summed E-state index contributed by atoms with van der Waals surface area (Å²) < 4.78 is 2.48. The molecule has 2 atom stereocenters. The summed E-state index contributed by atoms with van der Waals surface area (Å²) in [4.78, 5) is 3.62. The van der Waals surface area contributed by atoms with Crippen molar-refractivity contribution in [3.63, 3.8) is 0 Å². The van der Waals surface area contributed by atoms with Crippen LogP contribution in [-0.4, -0.2) is 4.98 Å². The highest BCUT2D eigenvalue weighted by atomic mass is 15.1. The number of aromatic nitrogens is 2. The van der Waals surface area contributed by atoms with Crippen molar-refractivity contribution in [2.24, 2.45) is 0 Å². The Bertz CT molecular complexity index is 946. The number of nitrogens with zero attached hydrogens (tertiary/aromatic N) is 1. The molecule has 3 rings (SSSR count). The largest absolute Gasteiger partial charge is 0.257 e. The predicted octanol–water partition coefficient (Wildman–Crippen LogP) is 9.31. The summed E-state index contributed by atoms with van der Waals surface area (Å²) in [5.41, 5.74) is 2.81. The van der Waals surface area contributed by atoms with Crippen LogP contribution in [0.25, 0.3) is 0 Å². The molecular weight excluding hydrogens is 436 g/mol. The fraction of sp³-hybridized carbons (Fsp3) is 0.559. The third kappa shape index (κ3) is 8.64. The Balaban J connectivity index is 1.50. The van der Waals surface area contributed by atoms with Gasteiger partial charge in [-0.3, -0.25) is 0 Å². The number of H-pyrrole nitrogens is 1. The van der Waals surface area contributed by atoms with E-state index in [-0.39, 0.29) is 5.41 Å². The molecule has 196 valence electrons. The van der Waals surface area contributed by atoms with Crippen LogP contribution in [0.5, 0.6) is 0 Å². The second-order valence-electron chi connectivity index (χ2n) is 11.1. The number of benzene rings is 2. The number of imidazole rings is 1. The minimum Gasteiger partial charge on any atom is -0.247 e. The number of aromatic amines is 1. The second-order valence-corrected chi connectivity index (χ2v) is 11.1. The number of hydrogen-bond donors (Lipinski definition) is 1. The SMILES string of the molecule is CCCCCCCCCCCCCC[n+]1cc[nH]c1C(C)C(C)(Cc1ccccc1)c1ccccc1. The van der Waals surface area contributed by atoms with Crippen LogP contribution in [-0.2, 0) is 18.4 Å². The zero-order valence-electron chi connectivity index (χ0n) is 23.4. The quantitative estimate of drug-likeness (QED) is 0.136. The van der Waals surface area contributed by atoms with E-state index in [0.29, 0.717) is 5.92 Å². The van der Waals surface area contributed by atoms with Gasteiger partial charge in [-0.15, -0.1) is 0 Å². The number of rotatable bonds is 18. The number of nitrogens with one attached hydrogen (secondary N) is 1. The molecule has 1 N–H and O–H groups in total. The van der Waals surface area contributed by atoms with Crippen LogP contribution in [0.15, 0.2) is 73.1 Å². The van der Waals surface area contributed by atoms with Gasteiger partial charge in [-0.25, -0.2) is 9.55 Å². The first-order valence-electron chi connectivity index (χ1n) is 14.8. The van der Waals surface area contributed by atoms with Crippen molar-refractivity contribution in [3.8, 4) is 0 Å². The predicted molar refractivity (Wildman–Crippen MR) is 154 cm³/mol. The Labute approximate surface area is 221 Å². The zero-order chi connectivity index (χ0) is 25.5. The summed E-state index contributed by atoms with van der Waals surface area (Å²) in [6, 6.07) is 22.1. The smallest absolute Gasteiger partial charge is 0.247 e. The zero-order valence-corrected chi connectivity index (χ0v) is 23.4. The summed E-state index contributed by atoms with van der Waals surface area (Å²) in [5.74, 6) is 1.72. The molecule has 0 radical (unpaired) electrons. The highest BCUT2D eigenvalue weighted by Gasteiger charge is 2.39. The Morgan fingerprint density at radius 3 is 1.83 bits per heavy atom. The number of hydrogen-bond acceptors (Lipinski definition) is 0.